The summed E-state index contributed by atoms with van der Waals surface area (Å²) < 4.78 is 7.32. The first-order valence-electron chi connectivity index (χ1n) is 9.44. The van der Waals surface area contributed by atoms with Gasteiger partial charge >= 0.3 is 0 Å². The lowest BCUT2D eigenvalue weighted by Gasteiger charge is -2.14. The molecule has 148 valence electrons. The highest BCUT2D eigenvalue weighted by atomic mass is 32.2. The number of hydrogen-bond acceptors (Lipinski definition) is 5. The van der Waals surface area contributed by atoms with Crippen molar-refractivity contribution in [3.05, 3.63) is 24.3 Å². The Labute approximate surface area is 166 Å². The van der Waals surface area contributed by atoms with Crippen molar-refractivity contribution >= 4 is 17.7 Å². The zero-order valence-electron chi connectivity index (χ0n) is 16.9. The fourth-order valence-electron chi connectivity index (χ4n) is 2.83. The minimum Gasteiger partial charge on any atom is -0.497 e. The fraction of sp³-hybridized carbons (Fsp3) is 0.550. The van der Waals surface area contributed by atoms with Crippen LogP contribution in [0, 0.1) is 5.92 Å². The average Bonchev–Trinajstić information content (AvgIpc) is 3.02. The van der Waals surface area contributed by atoms with Crippen LogP contribution < -0.4 is 10.1 Å². The molecule has 1 amide bonds. The van der Waals surface area contributed by atoms with Gasteiger partial charge < -0.3 is 14.6 Å². The van der Waals surface area contributed by atoms with Crippen LogP contribution >= 0.6 is 11.8 Å². The molecule has 0 saturated carbocycles. The first-order valence-corrected chi connectivity index (χ1v) is 10.4. The number of ether oxygens (including phenoxy) is 1. The Kier molecular flexibility index (Phi) is 8.16. The number of nitrogens with zero attached hydrogens (tertiary/aromatic N) is 3. The van der Waals surface area contributed by atoms with E-state index in [1.807, 2.05) is 31.2 Å². The Bertz CT molecular complexity index is 728. The van der Waals surface area contributed by atoms with Crippen molar-refractivity contribution in [1.82, 2.24) is 20.1 Å². The van der Waals surface area contributed by atoms with Gasteiger partial charge in [-0.05, 0) is 43.5 Å². The number of nitrogens with one attached hydrogen (secondary N) is 1. The second kappa shape index (κ2) is 10.3. The van der Waals surface area contributed by atoms with Gasteiger partial charge in [-0.3, -0.25) is 4.79 Å². The molecule has 0 radical (unpaired) electrons. The highest BCUT2D eigenvalue weighted by Crippen LogP contribution is 2.26. The summed E-state index contributed by atoms with van der Waals surface area (Å²) in [6.45, 7) is 9.27. The summed E-state index contributed by atoms with van der Waals surface area (Å²) >= 11 is 1.43. The van der Waals surface area contributed by atoms with E-state index >= 15 is 0 Å². The van der Waals surface area contributed by atoms with Gasteiger partial charge in [-0.1, -0.05) is 39.0 Å². The van der Waals surface area contributed by atoms with Crippen LogP contribution in [0.4, 0.5) is 0 Å². The quantitative estimate of drug-likeness (QED) is 0.621. The Morgan fingerprint density at radius 2 is 1.93 bits per heavy atom. The van der Waals surface area contributed by atoms with E-state index in [4.69, 9.17) is 4.74 Å². The molecular weight excluding hydrogens is 360 g/mol. The number of carbonyl (C=O) groups is 1. The maximum Gasteiger partial charge on any atom is 0.230 e. The maximum atomic E-state index is 12.2. The lowest BCUT2D eigenvalue weighted by molar-refractivity contribution is -0.119. The van der Waals surface area contributed by atoms with E-state index in [1.54, 1.807) is 7.11 Å². The number of carbonyl (C=O) groups excluding carboxylic acids is 1. The predicted octanol–water partition coefficient (Wildman–Crippen LogP) is 4.01. The molecule has 0 saturated heterocycles. The molecule has 0 aliphatic heterocycles. The molecule has 2 rings (SSSR count). The van der Waals surface area contributed by atoms with Gasteiger partial charge in [0.2, 0.25) is 5.91 Å². The SMILES string of the molecule is CCC[C@H](C)NC(=O)CSc1nnc(-c2ccc(OC)cc2)n1CC(C)C. The number of benzene rings is 1. The number of thioether (sulfide) groups is 1. The van der Waals surface area contributed by atoms with Crippen LogP contribution in [0.1, 0.15) is 40.5 Å². The zero-order valence-corrected chi connectivity index (χ0v) is 17.7. The summed E-state index contributed by atoms with van der Waals surface area (Å²) in [6.07, 6.45) is 2.05. The smallest absolute Gasteiger partial charge is 0.230 e. The second-order valence-corrected chi connectivity index (χ2v) is 8.03. The zero-order chi connectivity index (χ0) is 19.8. The van der Waals surface area contributed by atoms with Crippen LogP contribution in [-0.4, -0.2) is 39.6 Å². The third kappa shape index (κ3) is 6.27. The van der Waals surface area contributed by atoms with Crippen LogP contribution in [0.15, 0.2) is 29.4 Å². The highest BCUT2D eigenvalue weighted by Gasteiger charge is 2.17. The molecule has 1 aromatic carbocycles. The van der Waals surface area contributed by atoms with Crippen molar-refractivity contribution in [3.63, 3.8) is 0 Å². The monoisotopic (exact) mass is 390 g/mol. The number of amides is 1. The Hall–Kier alpha value is -2.02. The first kappa shape index (κ1) is 21.3. The number of hydrogen-bond donors (Lipinski definition) is 1. The van der Waals surface area contributed by atoms with Crippen molar-refractivity contribution < 1.29 is 9.53 Å². The molecule has 0 bridgehead atoms. The van der Waals surface area contributed by atoms with Crippen LogP contribution in [0.2, 0.25) is 0 Å². The van der Waals surface area contributed by atoms with E-state index in [9.17, 15) is 4.79 Å². The molecule has 7 heteroatoms. The van der Waals surface area contributed by atoms with Crippen LogP contribution in [0.25, 0.3) is 11.4 Å². The van der Waals surface area contributed by atoms with Gasteiger partial charge in [0.25, 0.3) is 0 Å². The Morgan fingerprint density at radius 3 is 2.52 bits per heavy atom. The molecule has 1 N–H and O–H groups in total. The Balaban J connectivity index is 2.14. The van der Waals surface area contributed by atoms with E-state index in [2.05, 4.69) is 40.9 Å². The summed E-state index contributed by atoms with van der Waals surface area (Å²) in [6, 6.07) is 7.99. The molecule has 0 spiro atoms. The summed E-state index contributed by atoms with van der Waals surface area (Å²) in [7, 11) is 1.65. The maximum absolute atomic E-state index is 12.2. The number of aromatic nitrogens is 3. The molecule has 0 unspecified atom stereocenters. The van der Waals surface area contributed by atoms with E-state index in [1.165, 1.54) is 11.8 Å². The molecular formula is C20H30N4O2S. The van der Waals surface area contributed by atoms with Gasteiger partial charge in [0, 0.05) is 18.2 Å². The molecule has 27 heavy (non-hydrogen) atoms. The van der Waals surface area contributed by atoms with Gasteiger partial charge in [-0.15, -0.1) is 10.2 Å². The molecule has 0 aliphatic carbocycles. The van der Waals surface area contributed by atoms with E-state index in [-0.39, 0.29) is 11.9 Å². The lowest BCUT2D eigenvalue weighted by atomic mass is 10.2. The largest absolute Gasteiger partial charge is 0.497 e. The van der Waals surface area contributed by atoms with Crippen LogP contribution in [0.3, 0.4) is 0 Å². The van der Waals surface area contributed by atoms with Crippen LogP contribution in [0.5, 0.6) is 5.75 Å². The van der Waals surface area contributed by atoms with E-state index in [0.29, 0.717) is 11.7 Å². The van der Waals surface area contributed by atoms with Crippen molar-refractivity contribution in [2.24, 2.45) is 5.92 Å². The number of rotatable bonds is 10. The normalized spacial score (nSPS) is 12.2. The standard InChI is InChI=1S/C20H30N4O2S/c1-6-7-15(4)21-18(25)13-27-20-23-22-19(24(20)12-14(2)3)16-8-10-17(26-5)11-9-16/h8-11,14-15H,6-7,12-13H2,1-5H3,(H,21,25)/t15-/m0/s1. The summed E-state index contributed by atoms with van der Waals surface area (Å²) in [5.41, 5.74) is 0.983. The van der Waals surface area contributed by atoms with Crippen molar-refractivity contribution in [3.8, 4) is 17.1 Å². The lowest BCUT2D eigenvalue weighted by Crippen LogP contribution is -2.33. The minimum atomic E-state index is 0.0334. The van der Waals surface area contributed by atoms with Crippen LogP contribution in [-0.2, 0) is 11.3 Å². The average molecular weight is 391 g/mol. The second-order valence-electron chi connectivity index (χ2n) is 7.09. The van der Waals surface area contributed by atoms with Gasteiger partial charge in [0.15, 0.2) is 11.0 Å². The van der Waals surface area contributed by atoms with E-state index < -0.39 is 0 Å². The van der Waals surface area contributed by atoms with Gasteiger partial charge in [-0.2, -0.15) is 0 Å². The summed E-state index contributed by atoms with van der Waals surface area (Å²) in [5.74, 6) is 2.43. The van der Waals surface area contributed by atoms with Gasteiger partial charge in [0.1, 0.15) is 5.75 Å². The molecule has 1 atom stereocenters. The molecule has 2 aromatic rings. The topological polar surface area (TPSA) is 69.0 Å². The first-order chi connectivity index (χ1) is 12.9. The molecule has 1 aromatic heterocycles. The minimum absolute atomic E-state index is 0.0334. The summed E-state index contributed by atoms with van der Waals surface area (Å²) in [4.78, 5) is 12.2. The van der Waals surface area contributed by atoms with E-state index in [0.717, 1.165) is 41.7 Å². The van der Waals surface area contributed by atoms with Gasteiger partial charge in [0.05, 0.1) is 12.9 Å². The molecule has 0 fully saturated rings. The third-order valence-electron chi connectivity index (χ3n) is 4.07. The highest BCUT2D eigenvalue weighted by molar-refractivity contribution is 7.99. The summed E-state index contributed by atoms with van der Waals surface area (Å²) in [5, 5.41) is 12.5. The van der Waals surface area contributed by atoms with Crippen molar-refractivity contribution in [2.45, 2.75) is 58.3 Å². The predicted molar refractivity (Wildman–Crippen MR) is 110 cm³/mol. The molecule has 0 aliphatic rings. The Morgan fingerprint density at radius 1 is 1.22 bits per heavy atom. The fourth-order valence-corrected chi connectivity index (χ4v) is 3.59. The van der Waals surface area contributed by atoms with Crippen molar-refractivity contribution in [1.29, 1.82) is 0 Å². The molecule has 1 heterocycles. The number of methoxy groups -OCH3 is 1. The third-order valence-corrected chi connectivity index (χ3v) is 5.04. The van der Waals surface area contributed by atoms with Crippen molar-refractivity contribution in [2.75, 3.05) is 12.9 Å². The molecule has 6 nitrogen and oxygen atoms in total. The van der Waals surface area contributed by atoms with Gasteiger partial charge in [-0.25, -0.2) is 0 Å².